The van der Waals surface area contributed by atoms with Crippen LogP contribution in [0.3, 0.4) is 0 Å². The highest BCUT2D eigenvalue weighted by molar-refractivity contribution is 5.38. The third-order valence-electron chi connectivity index (χ3n) is 2.70. The van der Waals surface area contributed by atoms with E-state index in [9.17, 15) is 4.39 Å². The maximum Gasteiger partial charge on any atom is 0.123 e. The van der Waals surface area contributed by atoms with Crippen molar-refractivity contribution in [1.29, 1.82) is 0 Å². The average Bonchev–Trinajstić information content (AvgIpc) is 2.23. The average molecular weight is 224 g/mol. The number of benzene rings is 1. The molecule has 0 saturated heterocycles. The summed E-state index contributed by atoms with van der Waals surface area (Å²) in [5.74, 6) is 0.675. The Bertz CT molecular complexity index is 295. The molecule has 0 aliphatic heterocycles. The summed E-state index contributed by atoms with van der Waals surface area (Å²) in [5.41, 5.74) is 3.51. The van der Waals surface area contributed by atoms with E-state index in [0.29, 0.717) is 11.8 Å². The smallest absolute Gasteiger partial charge is 0.123 e. The molecule has 1 aromatic rings. The van der Waals surface area contributed by atoms with Gasteiger partial charge in [-0.15, -0.1) is 0 Å². The predicted molar refractivity (Wildman–Crippen MR) is 70.7 cm³/mol. The molecule has 0 radical (unpaired) electrons. The van der Waals surface area contributed by atoms with E-state index in [0.717, 1.165) is 11.1 Å². The van der Waals surface area contributed by atoms with Crippen molar-refractivity contribution in [2.45, 2.75) is 60.3 Å². The van der Waals surface area contributed by atoms with Gasteiger partial charge in [0.2, 0.25) is 0 Å². The molecule has 0 aliphatic carbocycles. The normalized spacial score (nSPS) is 10.4. The molecule has 0 unspecified atom stereocenters. The summed E-state index contributed by atoms with van der Waals surface area (Å²) in [4.78, 5) is 0. The third-order valence-corrected chi connectivity index (χ3v) is 2.70. The van der Waals surface area contributed by atoms with Crippen LogP contribution >= 0.6 is 0 Å². The summed E-state index contributed by atoms with van der Waals surface area (Å²) in [7, 11) is 0. The van der Waals surface area contributed by atoms with E-state index in [1.54, 1.807) is 12.1 Å². The van der Waals surface area contributed by atoms with Crippen molar-refractivity contribution in [1.82, 2.24) is 0 Å². The van der Waals surface area contributed by atoms with Gasteiger partial charge in [0.05, 0.1) is 0 Å². The van der Waals surface area contributed by atoms with E-state index in [1.165, 1.54) is 5.56 Å². The van der Waals surface area contributed by atoms with Crippen LogP contribution in [0.15, 0.2) is 12.1 Å². The minimum Gasteiger partial charge on any atom is -0.207 e. The van der Waals surface area contributed by atoms with E-state index < -0.39 is 0 Å². The lowest BCUT2D eigenvalue weighted by atomic mass is 9.89. The Morgan fingerprint density at radius 1 is 0.875 bits per heavy atom. The van der Waals surface area contributed by atoms with Gasteiger partial charge in [-0.05, 0) is 47.6 Å². The second-order valence-corrected chi connectivity index (χ2v) is 4.52. The molecule has 0 N–H and O–H groups in total. The maximum atomic E-state index is 13.3. The molecule has 0 atom stereocenters. The van der Waals surface area contributed by atoms with Crippen molar-refractivity contribution >= 4 is 0 Å². The minimum absolute atomic E-state index is 0.108. The number of hydrogen-bond donors (Lipinski definition) is 0. The van der Waals surface area contributed by atoms with Crippen LogP contribution in [0.25, 0.3) is 0 Å². The summed E-state index contributed by atoms with van der Waals surface area (Å²) in [6.45, 7) is 14.5. The number of halogens is 1. The summed E-state index contributed by atoms with van der Waals surface area (Å²) in [5, 5.41) is 0. The maximum absolute atomic E-state index is 13.3. The molecule has 0 nitrogen and oxygen atoms in total. The molecule has 1 rings (SSSR count). The Morgan fingerprint density at radius 2 is 1.19 bits per heavy atom. The van der Waals surface area contributed by atoms with E-state index >= 15 is 0 Å². The van der Waals surface area contributed by atoms with Crippen molar-refractivity contribution in [2.75, 3.05) is 0 Å². The Balaban J connectivity index is 0.00000106. The van der Waals surface area contributed by atoms with Gasteiger partial charge < -0.3 is 0 Å². The third kappa shape index (κ3) is 3.62. The quantitative estimate of drug-likeness (QED) is 0.630. The SMILES string of the molecule is CC.Cc1c(C(C)C)cc(F)cc1C(C)C. The standard InChI is InChI=1S/C13H19F.C2H6/c1-8(2)12-6-11(14)7-13(9(3)4)10(12)5;1-2/h6-9H,1-5H3;1-2H3. The fraction of sp³-hybridized carbons (Fsp3) is 0.600. The number of hydrogen-bond acceptors (Lipinski definition) is 0. The van der Waals surface area contributed by atoms with E-state index in [2.05, 4.69) is 34.6 Å². The summed E-state index contributed by atoms with van der Waals surface area (Å²) in [6, 6.07) is 3.32. The lowest BCUT2D eigenvalue weighted by molar-refractivity contribution is 0.616. The van der Waals surface area contributed by atoms with Gasteiger partial charge in [0, 0.05) is 0 Å². The molecule has 0 saturated carbocycles. The molecule has 1 aromatic carbocycles. The zero-order valence-corrected chi connectivity index (χ0v) is 11.7. The highest BCUT2D eigenvalue weighted by Crippen LogP contribution is 2.27. The highest BCUT2D eigenvalue weighted by Gasteiger charge is 2.12. The van der Waals surface area contributed by atoms with E-state index in [1.807, 2.05) is 13.8 Å². The number of rotatable bonds is 2. The van der Waals surface area contributed by atoms with Crippen molar-refractivity contribution in [3.05, 3.63) is 34.6 Å². The monoisotopic (exact) mass is 224 g/mol. The summed E-state index contributed by atoms with van der Waals surface area (Å²) in [6.07, 6.45) is 0. The lowest BCUT2D eigenvalue weighted by Gasteiger charge is -2.16. The Labute approximate surface area is 99.9 Å². The minimum atomic E-state index is -0.108. The van der Waals surface area contributed by atoms with Crippen LogP contribution in [0, 0.1) is 12.7 Å². The summed E-state index contributed by atoms with van der Waals surface area (Å²) < 4.78 is 13.3. The Hall–Kier alpha value is -0.850. The molecule has 0 amide bonds. The Kier molecular flexibility index (Phi) is 6.32. The molecule has 0 heterocycles. The van der Waals surface area contributed by atoms with Gasteiger partial charge in [-0.2, -0.15) is 0 Å². The van der Waals surface area contributed by atoms with Crippen LogP contribution in [0.4, 0.5) is 4.39 Å². The fourth-order valence-electron chi connectivity index (χ4n) is 1.92. The van der Waals surface area contributed by atoms with E-state index in [-0.39, 0.29) is 5.82 Å². The second-order valence-electron chi connectivity index (χ2n) is 4.52. The van der Waals surface area contributed by atoms with Crippen LogP contribution in [0.2, 0.25) is 0 Å². The zero-order chi connectivity index (χ0) is 12.9. The fourth-order valence-corrected chi connectivity index (χ4v) is 1.92. The Morgan fingerprint density at radius 3 is 1.44 bits per heavy atom. The van der Waals surface area contributed by atoms with Gasteiger partial charge in [0.15, 0.2) is 0 Å². The molecule has 0 aliphatic rings. The predicted octanol–water partition coefficient (Wildman–Crippen LogP) is 5.41. The molecule has 16 heavy (non-hydrogen) atoms. The largest absolute Gasteiger partial charge is 0.207 e. The first-order valence-corrected chi connectivity index (χ1v) is 6.23. The van der Waals surface area contributed by atoms with Crippen LogP contribution in [-0.2, 0) is 0 Å². The molecule has 0 fully saturated rings. The van der Waals surface area contributed by atoms with Gasteiger partial charge in [0.1, 0.15) is 5.82 Å². The molecule has 0 bridgehead atoms. The van der Waals surface area contributed by atoms with Crippen LogP contribution in [-0.4, -0.2) is 0 Å². The van der Waals surface area contributed by atoms with Gasteiger partial charge in [-0.3, -0.25) is 0 Å². The van der Waals surface area contributed by atoms with E-state index in [4.69, 9.17) is 0 Å². The first-order chi connectivity index (χ1) is 7.43. The molecule has 92 valence electrons. The van der Waals surface area contributed by atoms with Crippen molar-refractivity contribution < 1.29 is 4.39 Å². The topological polar surface area (TPSA) is 0 Å². The van der Waals surface area contributed by atoms with Crippen molar-refractivity contribution in [3.63, 3.8) is 0 Å². The van der Waals surface area contributed by atoms with Gasteiger partial charge in [0.25, 0.3) is 0 Å². The van der Waals surface area contributed by atoms with Gasteiger partial charge in [-0.25, -0.2) is 4.39 Å². The summed E-state index contributed by atoms with van der Waals surface area (Å²) >= 11 is 0. The molecule has 0 spiro atoms. The lowest BCUT2D eigenvalue weighted by Crippen LogP contribution is -2.00. The first kappa shape index (κ1) is 15.2. The molecule has 1 heteroatoms. The van der Waals surface area contributed by atoms with Crippen LogP contribution < -0.4 is 0 Å². The second kappa shape index (κ2) is 6.67. The van der Waals surface area contributed by atoms with Gasteiger partial charge >= 0.3 is 0 Å². The van der Waals surface area contributed by atoms with Crippen molar-refractivity contribution in [2.24, 2.45) is 0 Å². The molecular formula is C15H25F. The van der Waals surface area contributed by atoms with Crippen molar-refractivity contribution in [3.8, 4) is 0 Å². The van der Waals surface area contributed by atoms with Crippen LogP contribution in [0.1, 0.15) is 70.1 Å². The molecule has 0 aromatic heterocycles. The van der Waals surface area contributed by atoms with Gasteiger partial charge in [-0.1, -0.05) is 41.5 Å². The first-order valence-electron chi connectivity index (χ1n) is 6.23. The van der Waals surface area contributed by atoms with Crippen LogP contribution in [0.5, 0.6) is 0 Å². The zero-order valence-electron chi connectivity index (χ0n) is 11.7. The highest BCUT2D eigenvalue weighted by atomic mass is 19.1. The molecular weight excluding hydrogens is 199 g/mol.